The van der Waals surface area contributed by atoms with Crippen molar-refractivity contribution in [2.45, 2.75) is 13.8 Å². The van der Waals surface area contributed by atoms with Crippen LogP contribution in [-0.4, -0.2) is 16.1 Å². The van der Waals surface area contributed by atoms with Gasteiger partial charge in [0, 0.05) is 5.38 Å². The van der Waals surface area contributed by atoms with E-state index in [4.69, 9.17) is 5.11 Å². The number of aromatic carboxylic acids is 1. The zero-order valence-corrected chi connectivity index (χ0v) is 10.6. The van der Waals surface area contributed by atoms with Crippen molar-refractivity contribution in [3.63, 3.8) is 0 Å². The molecule has 18 heavy (non-hydrogen) atoms. The van der Waals surface area contributed by atoms with Crippen molar-refractivity contribution >= 4 is 17.3 Å². The maximum Gasteiger partial charge on any atom is 0.355 e. The van der Waals surface area contributed by atoms with Crippen LogP contribution in [0, 0.1) is 11.6 Å². The first-order valence-electron chi connectivity index (χ1n) is 5.23. The zero-order chi connectivity index (χ0) is 13.7. The van der Waals surface area contributed by atoms with Crippen LogP contribution in [0.5, 0.6) is 0 Å². The van der Waals surface area contributed by atoms with Crippen LogP contribution in [0.3, 0.4) is 0 Å². The number of benzene rings is 1. The molecule has 1 heterocycles. The van der Waals surface area contributed by atoms with Crippen molar-refractivity contribution in [2.24, 2.45) is 0 Å². The fourth-order valence-electron chi connectivity index (χ4n) is 1.19. The topological polar surface area (TPSA) is 50.2 Å². The summed E-state index contributed by atoms with van der Waals surface area (Å²) >= 11 is 0.887. The average Bonchev–Trinajstić information content (AvgIpc) is 2.81. The first-order chi connectivity index (χ1) is 8.59. The van der Waals surface area contributed by atoms with Crippen LogP contribution in [0.1, 0.15) is 24.3 Å². The Morgan fingerprint density at radius 1 is 1.28 bits per heavy atom. The summed E-state index contributed by atoms with van der Waals surface area (Å²) in [5.74, 6) is -2.74. The van der Waals surface area contributed by atoms with Gasteiger partial charge in [0.15, 0.2) is 5.69 Å². The number of carboxylic acids is 1. The molecule has 0 radical (unpaired) electrons. The maximum atomic E-state index is 13.3. The van der Waals surface area contributed by atoms with E-state index < -0.39 is 17.6 Å². The van der Waals surface area contributed by atoms with Crippen molar-refractivity contribution in [3.8, 4) is 10.6 Å². The highest BCUT2D eigenvalue weighted by Crippen LogP contribution is 2.28. The first kappa shape index (κ1) is 14.2. The molecule has 3 nitrogen and oxygen atoms in total. The number of hydrogen-bond donors (Lipinski definition) is 1. The van der Waals surface area contributed by atoms with Crippen LogP contribution in [0.25, 0.3) is 10.6 Å². The Kier molecular flexibility index (Phi) is 4.91. The van der Waals surface area contributed by atoms with Gasteiger partial charge in [-0.25, -0.2) is 18.6 Å². The van der Waals surface area contributed by atoms with Crippen molar-refractivity contribution < 1.29 is 18.7 Å². The number of hydrogen-bond acceptors (Lipinski definition) is 3. The third kappa shape index (κ3) is 2.89. The Morgan fingerprint density at radius 2 is 1.83 bits per heavy atom. The number of rotatable bonds is 2. The summed E-state index contributed by atoms with van der Waals surface area (Å²) in [5, 5.41) is 9.90. The van der Waals surface area contributed by atoms with E-state index >= 15 is 0 Å². The van der Waals surface area contributed by atoms with E-state index in [2.05, 4.69) is 4.98 Å². The predicted octanol–water partition coefficient (Wildman–Crippen LogP) is 3.81. The van der Waals surface area contributed by atoms with Gasteiger partial charge in [0.05, 0.1) is 5.56 Å². The SMILES string of the molecule is CC.O=C(O)c1csc(-c2c(F)cccc2F)n1. The standard InChI is InChI=1S/C10H5F2NO2S.C2H6/c11-5-2-1-3-6(12)8(5)9-13-7(4-16-9)10(14)15;1-2/h1-4H,(H,14,15);1-2H3. The minimum Gasteiger partial charge on any atom is -0.476 e. The molecule has 1 aromatic carbocycles. The van der Waals surface area contributed by atoms with Gasteiger partial charge in [0.25, 0.3) is 0 Å². The van der Waals surface area contributed by atoms with Crippen LogP contribution in [0.4, 0.5) is 8.78 Å². The maximum absolute atomic E-state index is 13.3. The normalized spacial score (nSPS) is 9.56. The molecule has 1 N–H and O–H groups in total. The monoisotopic (exact) mass is 271 g/mol. The molecule has 0 saturated carbocycles. The van der Waals surface area contributed by atoms with Gasteiger partial charge in [-0.3, -0.25) is 0 Å². The second kappa shape index (κ2) is 6.20. The number of aromatic nitrogens is 1. The van der Waals surface area contributed by atoms with E-state index in [0.717, 1.165) is 23.5 Å². The highest BCUT2D eigenvalue weighted by molar-refractivity contribution is 7.13. The van der Waals surface area contributed by atoms with E-state index in [1.807, 2.05) is 13.8 Å². The summed E-state index contributed by atoms with van der Waals surface area (Å²) in [6.07, 6.45) is 0. The van der Waals surface area contributed by atoms with E-state index in [0.29, 0.717) is 0 Å². The molecular weight excluding hydrogens is 260 g/mol. The van der Waals surface area contributed by atoms with Gasteiger partial charge in [-0.05, 0) is 12.1 Å². The van der Waals surface area contributed by atoms with Gasteiger partial charge in [0.1, 0.15) is 16.6 Å². The Bertz CT molecular complexity index is 535. The van der Waals surface area contributed by atoms with Crippen LogP contribution >= 0.6 is 11.3 Å². The number of thiazole rings is 1. The molecule has 2 rings (SSSR count). The molecule has 2 aromatic rings. The van der Waals surface area contributed by atoms with Crippen LogP contribution in [-0.2, 0) is 0 Å². The van der Waals surface area contributed by atoms with Gasteiger partial charge < -0.3 is 5.11 Å². The molecule has 0 saturated heterocycles. The summed E-state index contributed by atoms with van der Waals surface area (Å²) in [6, 6.07) is 3.43. The van der Waals surface area contributed by atoms with E-state index in [-0.39, 0.29) is 16.3 Å². The number of carbonyl (C=O) groups is 1. The summed E-state index contributed by atoms with van der Waals surface area (Å²) in [7, 11) is 0. The third-order valence-corrected chi connectivity index (χ3v) is 2.76. The second-order valence-corrected chi connectivity index (χ2v) is 3.80. The summed E-state index contributed by atoms with van der Waals surface area (Å²) in [4.78, 5) is 14.2. The molecule has 0 fully saturated rings. The van der Waals surface area contributed by atoms with Crippen molar-refractivity contribution in [3.05, 3.63) is 40.9 Å². The molecule has 0 aliphatic heterocycles. The lowest BCUT2D eigenvalue weighted by Crippen LogP contribution is -1.96. The first-order valence-corrected chi connectivity index (χ1v) is 6.11. The Hall–Kier alpha value is -1.82. The lowest BCUT2D eigenvalue weighted by molar-refractivity contribution is 0.0691. The highest BCUT2D eigenvalue weighted by atomic mass is 32.1. The number of nitrogens with zero attached hydrogens (tertiary/aromatic N) is 1. The summed E-state index contributed by atoms with van der Waals surface area (Å²) in [6.45, 7) is 4.00. The minimum absolute atomic E-state index is 0.0213. The van der Waals surface area contributed by atoms with Crippen LogP contribution in [0.15, 0.2) is 23.6 Å². The second-order valence-electron chi connectivity index (χ2n) is 2.94. The Morgan fingerprint density at radius 3 is 2.28 bits per heavy atom. The fraction of sp³-hybridized carbons (Fsp3) is 0.167. The van der Waals surface area contributed by atoms with Crippen molar-refractivity contribution in [2.75, 3.05) is 0 Å². The van der Waals surface area contributed by atoms with Crippen molar-refractivity contribution in [1.29, 1.82) is 0 Å². The molecule has 6 heteroatoms. The summed E-state index contributed by atoms with van der Waals surface area (Å²) in [5.41, 5.74) is -0.511. The Balaban J connectivity index is 0.000000771. The van der Waals surface area contributed by atoms with Gasteiger partial charge in [-0.15, -0.1) is 11.3 Å². The lowest BCUT2D eigenvalue weighted by atomic mass is 10.2. The van der Waals surface area contributed by atoms with E-state index in [1.54, 1.807) is 0 Å². The average molecular weight is 271 g/mol. The molecular formula is C12H11F2NO2S. The molecule has 0 unspecified atom stereocenters. The molecule has 0 amide bonds. The lowest BCUT2D eigenvalue weighted by Gasteiger charge is -1.99. The number of halogens is 2. The quantitative estimate of drug-likeness (QED) is 0.903. The largest absolute Gasteiger partial charge is 0.476 e. The molecule has 0 aliphatic carbocycles. The van der Waals surface area contributed by atoms with Gasteiger partial charge in [-0.2, -0.15) is 0 Å². The molecule has 0 bridgehead atoms. The van der Waals surface area contributed by atoms with E-state index in [1.165, 1.54) is 11.4 Å². The zero-order valence-electron chi connectivity index (χ0n) is 9.78. The smallest absolute Gasteiger partial charge is 0.355 e. The molecule has 0 atom stereocenters. The molecule has 96 valence electrons. The fourth-order valence-corrected chi connectivity index (χ4v) is 2.03. The highest BCUT2D eigenvalue weighted by Gasteiger charge is 2.16. The van der Waals surface area contributed by atoms with Gasteiger partial charge in [-0.1, -0.05) is 19.9 Å². The molecule has 0 spiro atoms. The van der Waals surface area contributed by atoms with Gasteiger partial charge >= 0.3 is 5.97 Å². The predicted molar refractivity (Wildman–Crippen MR) is 65.8 cm³/mol. The third-order valence-electron chi connectivity index (χ3n) is 1.90. The molecule has 0 aliphatic rings. The van der Waals surface area contributed by atoms with Crippen molar-refractivity contribution in [1.82, 2.24) is 4.98 Å². The minimum atomic E-state index is -1.22. The summed E-state index contributed by atoms with van der Waals surface area (Å²) < 4.78 is 26.7. The van der Waals surface area contributed by atoms with Gasteiger partial charge in [0.2, 0.25) is 0 Å². The van der Waals surface area contributed by atoms with E-state index in [9.17, 15) is 13.6 Å². The Labute approximate surface area is 107 Å². The van der Waals surface area contributed by atoms with Crippen LogP contribution in [0.2, 0.25) is 0 Å². The molecule has 1 aromatic heterocycles. The number of carboxylic acid groups (broad SMARTS) is 1. The van der Waals surface area contributed by atoms with Crippen LogP contribution < -0.4 is 0 Å².